The van der Waals surface area contributed by atoms with Crippen LogP contribution in [0.15, 0.2) is 16.9 Å². The molecule has 0 radical (unpaired) electrons. The van der Waals surface area contributed by atoms with Crippen molar-refractivity contribution < 1.29 is 39.9 Å². The molecule has 31 heavy (non-hydrogen) atoms. The molecule has 0 aliphatic heterocycles. The lowest BCUT2D eigenvalue weighted by Gasteiger charge is -2.13. The van der Waals surface area contributed by atoms with Gasteiger partial charge in [0.25, 0.3) is 11.5 Å². The van der Waals surface area contributed by atoms with Gasteiger partial charge in [0.2, 0.25) is 5.88 Å². The predicted octanol–water partition coefficient (Wildman–Crippen LogP) is 4.73. The van der Waals surface area contributed by atoms with Gasteiger partial charge in [-0.2, -0.15) is 31.4 Å². The highest BCUT2D eigenvalue weighted by Crippen LogP contribution is 2.42. The van der Waals surface area contributed by atoms with Crippen molar-refractivity contribution in [3.05, 3.63) is 43.9 Å². The van der Waals surface area contributed by atoms with Gasteiger partial charge in [-0.3, -0.25) is 4.79 Å². The summed E-state index contributed by atoms with van der Waals surface area (Å²) >= 11 is 5.63. The quantitative estimate of drug-likeness (QED) is 0.479. The van der Waals surface area contributed by atoms with E-state index in [1.807, 2.05) is 0 Å². The highest BCUT2D eigenvalue weighted by Gasteiger charge is 2.40. The first-order chi connectivity index (χ1) is 14.1. The zero-order valence-corrected chi connectivity index (χ0v) is 16.6. The van der Waals surface area contributed by atoms with Crippen LogP contribution in [0.1, 0.15) is 23.2 Å². The van der Waals surface area contributed by atoms with E-state index in [0.29, 0.717) is 28.1 Å². The molecule has 170 valence electrons. The summed E-state index contributed by atoms with van der Waals surface area (Å²) in [7, 11) is 0. The van der Waals surface area contributed by atoms with E-state index in [2.05, 4.69) is 14.8 Å². The van der Waals surface area contributed by atoms with Crippen LogP contribution in [-0.4, -0.2) is 31.7 Å². The van der Waals surface area contributed by atoms with Crippen LogP contribution < -0.4 is 10.3 Å². The largest absolute Gasteiger partial charge is 0.471 e. The van der Waals surface area contributed by atoms with Gasteiger partial charge < -0.3 is 4.74 Å². The van der Waals surface area contributed by atoms with Crippen molar-refractivity contribution in [1.29, 1.82) is 0 Å². The van der Waals surface area contributed by atoms with Crippen LogP contribution >= 0.6 is 22.9 Å². The number of aromatic nitrogens is 4. The van der Waals surface area contributed by atoms with E-state index in [-0.39, 0.29) is 17.0 Å². The molecule has 3 rings (SSSR count). The summed E-state index contributed by atoms with van der Waals surface area (Å²) in [5.74, 6) is -4.64. The minimum atomic E-state index is -5.05. The third kappa shape index (κ3) is 5.08. The van der Waals surface area contributed by atoms with E-state index in [4.69, 9.17) is 11.6 Å². The minimum Gasteiger partial charge on any atom is -0.471 e. The molecule has 0 spiro atoms. The molecule has 16 heteroatoms. The number of ether oxygens (including phenoxy) is 1. The molecule has 3 aromatic heterocycles. The van der Waals surface area contributed by atoms with Gasteiger partial charge in [0.15, 0.2) is 22.1 Å². The lowest BCUT2D eigenvalue weighted by atomic mass is 10.4. The fourth-order valence-electron chi connectivity index (χ4n) is 2.38. The molecule has 0 saturated carbocycles. The molecule has 0 aromatic carbocycles. The standard InChI is InChI=1S/C15H9ClF8N4O2S/c1-13(17,18)5-30-11-10(15(22,23)24)31-12-25-6(2-9(29)28(11)12)4-27-8(16)3-7(26-27)14(19,20)21/h2-3H,4-5H2,1H3. The highest BCUT2D eigenvalue weighted by molar-refractivity contribution is 7.17. The summed E-state index contributed by atoms with van der Waals surface area (Å²) in [4.78, 5) is 14.1. The Kier molecular flexibility index (Phi) is 5.71. The first kappa shape index (κ1) is 23.2. The van der Waals surface area contributed by atoms with Gasteiger partial charge in [0, 0.05) is 19.1 Å². The molecule has 0 bridgehead atoms. The number of hydrogen-bond acceptors (Lipinski definition) is 5. The Morgan fingerprint density at radius 3 is 2.26 bits per heavy atom. The van der Waals surface area contributed by atoms with Crippen LogP contribution in [0.3, 0.4) is 0 Å². The number of alkyl halides is 8. The summed E-state index contributed by atoms with van der Waals surface area (Å²) in [6, 6.07) is 1.23. The Hall–Kier alpha value is -2.42. The number of fused-ring (bicyclic) bond motifs is 1. The minimum absolute atomic E-state index is 0.0517. The summed E-state index contributed by atoms with van der Waals surface area (Å²) in [6.45, 7) is -1.58. The second-order valence-corrected chi connectivity index (χ2v) is 7.67. The van der Waals surface area contributed by atoms with Gasteiger partial charge in [-0.25, -0.2) is 22.8 Å². The lowest BCUT2D eigenvalue weighted by molar-refractivity contribution is -0.141. The number of halogens is 9. The van der Waals surface area contributed by atoms with Crippen molar-refractivity contribution in [2.45, 2.75) is 31.7 Å². The maximum atomic E-state index is 13.3. The molecule has 0 aliphatic rings. The Morgan fingerprint density at radius 1 is 1.10 bits per heavy atom. The van der Waals surface area contributed by atoms with Crippen LogP contribution in [0.4, 0.5) is 35.1 Å². The molecule has 3 aromatic rings. The predicted molar refractivity (Wildman–Crippen MR) is 91.8 cm³/mol. The maximum Gasteiger partial charge on any atom is 0.435 e. The zero-order chi connectivity index (χ0) is 23.4. The maximum absolute atomic E-state index is 13.3. The second-order valence-electron chi connectivity index (χ2n) is 6.30. The number of hydrogen-bond donors (Lipinski definition) is 0. The van der Waals surface area contributed by atoms with Crippen molar-refractivity contribution in [3.8, 4) is 5.88 Å². The fourth-order valence-corrected chi connectivity index (χ4v) is 3.54. The third-order valence-corrected chi connectivity index (χ3v) is 4.96. The molecule has 0 saturated heterocycles. The molecule has 6 nitrogen and oxygen atoms in total. The molecule has 0 N–H and O–H groups in total. The first-order valence-electron chi connectivity index (χ1n) is 8.00. The number of rotatable bonds is 5. The number of thiazole rings is 1. The molecular formula is C15H9ClF8N4O2S. The van der Waals surface area contributed by atoms with E-state index in [1.54, 1.807) is 0 Å². The van der Waals surface area contributed by atoms with Gasteiger partial charge in [-0.05, 0) is 0 Å². The molecule has 0 aliphatic carbocycles. The van der Waals surface area contributed by atoms with Gasteiger partial charge in [0.1, 0.15) is 5.15 Å². The molecular weight excluding hydrogens is 488 g/mol. The smallest absolute Gasteiger partial charge is 0.435 e. The van der Waals surface area contributed by atoms with Crippen molar-refractivity contribution in [2.24, 2.45) is 0 Å². The molecule has 0 atom stereocenters. The fraction of sp³-hybridized carbons (Fsp3) is 0.400. The Labute approximate surface area is 175 Å². The summed E-state index contributed by atoms with van der Waals surface area (Å²) in [6.07, 6.45) is -9.84. The summed E-state index contributed by atoms with van der Waals surface area (Å²) < 4.78 is 110. The Bertz CT molecular complexity index is 1180. The molecule has 0 amide bonds. The van der Waals surface area contributed by atoms with Crippen molar-refractivity contribution in [3.63, 3.8) is 0 Å². The van der Waals surface area contributed by atoms with Crippen molar-refractivity contribution in [2.75, 3.05) is 6.61 Å². The van der Waals surface area contributed by atoms with E-state index in [0.717, 1.165) is 0 Å². The van der Waals surface area contributed by atoms with Crippen LogP contribution in [-0.2, 0) is 18.9 Å². The lowest BCUT2D eigenvalue weighted by Crippen LogP contribution is -2.24. The van der Waals surface area contributed by atoms with Crippen molar-refractivity contribution in [1.82, 2.24) is 19.2 Å². The SMILES string of the molecule is CC(F)(F)COc1c(C(F)(F)F)sc2nc(Cn3nc(C(F)(F)F)cc3Cl)cc(=O)n12. The average Bonchev–Trinajstić information content (AvgIpc) is 3.13. The van der Waals surface area contributed by atoms with E-state index >= 15 is 0 Å². The Morgan fingerprint density at radius 2 is 1.74 bits per heavy atom. The average molecular weight is 497 g/mol. The van der Waals surface area contributed by atoms with E-state index in [9.17, 15) is 39.9 Å². The topological polar surface area (TPSA) is 61.4 Å². The third-order valence-electron chi connectivity index (χ3n) is 3.58. The summed E-state index contributed by atoms with van der Waals surface area (Å²) in [5, 5.41) is 2.78. The monoisotopic (exact) mass is 496 g/mol. The van der Waals surface area contributed by atoms with Gasteiger partial charge in [0.05, 0.1) is 12.2 Å². The van der Waals surface area contributed by atoms with Gasteiger partial charge in [-0.1, -0.05) is 22.9 Å². The van der Waals surface area contributed by atoms with Crippen LogP contribution in [0, 0.1) is 0 Å². The van der Waals surface area contributed by atoms with E-state index in [1.165, 1.54) is 0 Å². The normalized spacial score (nSPS) is 13.2. The Balaban J connectivity index is 2.06. The molecule has 0 fully saturated rings. The van der Waals surface area contributed by atoms with E-state index < -0.39 is 63.6 Å². The zero-order valence-electron chi connectivity index (χ0n) is 15.0. The van der Waals surface area contributed by atoms with Crippen LogP contribution in [0.5, 0.6) is 5.88 Å². The first-order valence-corrected chi connectivity index (χ1v) is 9.19. The van der Waals surface area contributed by atoms with Crippen molar-refractivity contribution >= 4 is 27.9 Å². The van der Waals surface area contributed by atoms with Gasteiger partial charge in [-0.15, -0.1) is 0 Å². The number of nitrogens with zero attached hydrogens (tertiary/aromatic N) is 4. The molecule has 0 unspecified atom stereocenters. The summed E-state index contributed by atoms with van der Waals surface area (Å²) in [5.41, 5.74) is -2.70. The van der Waals surface area contributed by atoms with Crippen LogP contribution in [0.2, 0.25) is 5.15 Å². The highest BCUT2D eigenvalue weighted by atomic mass is 35.5. The molecule has 3 heterocycles. The van der Waals surface area contributed by atoms with Crippen LogP contribution in [0.25, 0.3) is 4.96 Å². The second kappa shape index (κ2) is 7.62. The van der Waals surface area contributed by atoms with Gasteiger partial charge >= 0.3 is 12.4 Å².